The lowest BCUT2D eigenvalue weighted by molar-refractivity contribution is -0.138. The molecule has 11 heteroatoms. The molecule has 1 aromatic rings. The van der Waals surface area contributed by atoms with Crippen molar-refractivity contribution in [1.29, 1.82) is 0 Å². The number of carbonyl (C=O) groups is 4. The smallest absolute Gasteiger partial charge is 0.420 e. The van der Waals surface area contributed by atoms with Crippen LogP contribution < -0.4 is 5.32 Å². The number of hydrogen-bond donors (Lipinski definition) is 2. The summed E-state index contributed by atoms with van der Waals surface area (Å²) in [5, 5.41) is 11.1. The van der Waals surface area contributed by atoms with Gasteiger partial charge in [0.1, 0.15) is 30.1 Å². The van der Waals surface area contributed by atoms with E-state index in [1.54, 1.807) is 41.5 Å². The third-order valence-electron chi connectivity index (χ3n) is 3.97. The van der Waals surface area contributed by atoms with Gasteiger partial charge in [-0.2, -0.15) is 0 Å². The highest BCUT2D eigenvalue weighted by atomic mass is 16.6. The number of hydrogen-bond acceptors (Lipinski definition) is 7. The highest BCUT2D eigenvalue weighted by molar-refractivity contribution is 5.88. The summed E-state index contributed by atoms with van der Waals surface area (Å²) in [4.78, 5) is 54.0. The Morgan fingerprint density at radius 1 is 1.10 bits per heavy atom. The number of rotatable bonds is 3. The van der Waals surface area contributed by atoms with E-state index in [-0.39, 0.29) is 13.0 Å². The number of ether oxygens (including phenoxy) is 2. The molecule has 0 bridgehead atoms. The molecular formula is C19H28N4O7. The van der Waals surface area contributed by atoms with Gasteiger partial charge in [0.15, 0.2) is 0 Å². The van der Waals surface area contributed by atoms with Gasteiger partial charge in [0.05, 0.1) is 17.9 Å². The Balaban J connectivity index is 2.35. The van der Waals surface area contributed by atoms with Gasteiger partial charge in [-0.1, -0.05) is 0 Å². The van der Waals surface area contributed by atoms with E-state index in [1.807, 2.05) is 0 Å². The monoisotopic (exact) mass is 424 g/mol. The number of amides is 2. The zero-order chi connectivity index (χ0) is 22.9. The van der Waals surface area contributed by atoms with Crippen LogP contribution in [0.1, 0.15) is 52.9 Å². The molecule has 0 aliphatic carbocycles. The summed E-state index contributed by atoms with van der Waals surface area (Å²) in [6.07, 6.45) is -0.144. The van der Waals surface area contributed by atoms with Gasteiger partial charge in [-0.15, -0.1) is 0 Å². The van der Waals surface area contributed by atoms with E-state index in [0.29, 0.717) is 11.4 Å². The van der Waals surface area contributed by atoms with Gasteiger partial charge in [0, 0.05) is 6.42 Å². The standard InChI is InChI=1S/C19H28N4O7/c1-18(2,3)29-16(27)22-9-13-11(7-12(22)15(26)20-8-14(24)25)21-10-23(13)17(28)30-19(4,5)6/h10,12H,7-9H2,1-6H3,(H,20,26)(H,24,25)/t12-/m0/s1. The normalized spacial score (nSPS) is 16.5. The van der Waals surface area contributed by atoms with Crippen molar-refractivity contribution in [3.05, 3.63) is 17.7 Å². The molecule has 0 aromatic carbocycles. The second-order valence-corrected chi connectivity index (χ2v) is 8.93. The molecular weight excluding hydrogens is 396 g/mol. The lowest BCUT2D eigenvalue weighted by atomic mass is 10.0. The van der Waals surface area contributed by atoms with Gasteiger partial charge in [0.2, 0.25) is 5.91 Å². The first kappa shape index (κ1) is 23.2. The molecule has 0 saturated heterocycles. The van der Waals surface area contributed by atoms with Crippen molar-refractivity contribution in [2.45, 2.75) is 71.8 Å². The molecule has 0 saturated carbocycles. The molecule has 0 radical (unpaired) electrons. The van der Waals surface area contributed by atoms with Gasteiger partial charge in [-0.25, -0.2) is 19.1 Å². The first-order valence-electron chi connectivity index (χ1n) is 9.45. The molecule has 1 aliphatic rings. The van der Waals surface area contributed by atoms with Crippen LogP contribution in [0.5, 0.6) is 0 Å². The highest BCUT2D eigenvalue weighted by Crippen LogP contribution is 2.26. The van der Waals surface area contributed by atoms with Crippen LogP contribution in [-0.2, 0) is 32.0 Å². The van der Waals surface area contributed by atoms with Gasteiger partial charge < -0.3 is 19.9 Å². The molecule has 2 rings (SSSR count). The maximum atomic E-state index is 12.8. The Morgan fingerprint density at radius 2 is 1.67 bits per heavy atom. The molecule has 166 valence electrons. The van der Waals surface area contributed by atoms with E-state index in [0.717, 1.165) is 4.90 Å². The van der Waals surface area contributed by atoms with Crippen molar-refractivity contribution in [2.24, 2.45) is 0 Å². The van der Waals surface area contributed by atoms with E-state index in [2.05, 4.69) is 10.3 Å². The van der Waals surface area contributed by atoms with Crippen LogP contribution in [0.15, 0.2) is 6.33 Å². The number of nitrogens with zero attached hydrogens (tertiary/aromatic N) is 3. The molecule has 2 heterocycles. The second kappa shape index (κ2) is 8.33. The third kappa shape index (κ3) is 5.94. The number of nitrogens with one attached hydrogen (secondary N) is 1. The lowest BCUT2D eigenvalue weighted by Crippen LogP contribution is -2.54. The van der Waals surface area contributed by atoms with E-state index in [4.69, 9.17) is 14.6 Å². The van der Waals surface area contributed by atoms with Gasteiger partial charge in [-0.05, 0) is 41.5 Å². The maximum absolute atomic E-state index is 12.8. The SMILES string of the molecule is CC(C)(C)OC(=O)N1Cc2c(ncn2C(=O)OC(C)(C)C)C[C@H]1C(=O)NCC(=O)O. The summed E-state index contributed by atoms with van der Waals surface area (Å²) in [5.74, 6) is -1.86. The fourth-order valence-electron chi connectivity index (χ4n) is 2.81. The Kier molecular flexibility index (Phi) is 6.43. The average Bonchev–Trinajstić information content (AvgIpc) is 2.98. The maximum Gasteiger partial charge on any atom is 0.420 e. The number of carboxylic acids is 1. The second-order valence-electron chi connectivity index (χ2n) is 8.93. The van der Waals surface area contributed by atoms with Crippen LogP contribution in [0.4, 0.5) is 9.59 Å². The average molecular weight is 424 g/mol. The summed E-state index contributed by atoms with van der Waals surface area (Å²) in [7, 11) is 0. The number of aliphatic carboxylic acids is 1. The van der Waals surface area contributed by atoms with Crippen LogP contribution in [0.3, 0.4) is 0 Å². The van der Waals surface area contributed by atoms with Gasteiger partial charge in [-0.3, -0.25) is 14.5 Å². The van der Waals surface area contributed by atoms with E-state index in [9.17, 15) is 19.2 Å². The molecule has 1 aliphatic heterocycles. The van der Waals surface area contributed by atoms with Crippen LogP contribution in [-0.4, -0.2) is 67.4 Å². The fourth-order valence-corrected chi connectivity index (χ4v) is 2.81. The van der Waals surface area contributed by atoms with E-state index >= 15 is 0 Å². The third-order valence-corrected chi connectivity index (χ3v) is 3.97. The highest BCUT2D eigenvalue weighted by Gasteiger charge is 2.40. The summed E-state index contributed by atoms with van der Waals surface area (Å²) in [6.45, 7) is 9.52. The van der Waals surface area contributed by atoms with Crippen LogP contribution in [0.25, 0.3) is 0 Å². The number of carboxylic acid groups (broad SMARTS) is 1. The van der Waals surface area contributed by atoms with Crippen LogP contribution >= 0.6 is 0 Å². The minimum atomic E-state index is -1.21. The predicted octanol–water partition coefficient (Wildman–Crippen LogP) is 1.53. The van der Waals surface area contributed by atoms with Crippen LogP contribution in [0.2, 0.25) is 0 Å². The molecule has 2 N–H and O–H groups in total. The Morgan fingerprint density at radius 3 is 2.20 bits per heavy atom. The number of fused-ring (bicyclic) bond motifs is 1. The summed E-state index contributed by atoms with van der Waals surface area (Å²) in [5.41, 5.74) is -0.703. The fraction of sp³-hybridized carbons (Fsp3) is 0.632. The van der Waals surface area contributed by atoms with Crippen LogP contribution in [0, 0.1) is 0 Å². The first-order valence-corrected chi connectivity index (χ1v) is 9.45. The van der Waals surface area contributed by atoms with Crippen molar-refractivity contribution in [3.8, 4) is 0 Å². The van der Waals surface area contributed by atoms with Gasteiger partial charge in [0.25, 0.3) is 0 Å². The molecule has 1 atom stereocenters. The summed E-state index contributed by atoms with van der Waals surface area (Å²) >= 11 is 0. The Hall–Kier alpha value is -3.11. The molecule has 2 amide bonds. The largest absolute Gasteiger partial charge is 0.480 e. The van der Waals surface area contributed by atoms with Crippen molar-refractivity contribution < 1.29 is 33.8 Å². The molecule has 0 unspecified atom stereocenters. The van der Waals surface area contributed by atoms with Crippen molar-refractivity contribution in [2.75, 3.05) is 6.54 Å². The van der Waals surface area contributed by atoms with Crippen molar-refractivity contribution in [1.82, 2.24) is 19.8 Å². The van der Waals surface area contributed by atoms with Gasteiger partial charge >= 0.3 is 18.2 Å². The summed E-state index contributed by atoms with van der Waals surface area (Å²) < 4.78 is 12.0. The number of imidazole rings is 1. The molecule has 30 heavy (non-hydrogen) atoms. The number of carbonyl (C=O) groups excluding carboxylic acids is 3. The quantitative estimate of drug-likeness (QED) is 0.744. The molecule has 11 nitrogen and oxygen atoms in total. The molecule has 0 fully saturated rings. The zero-order valence-corrected chi connectivity index (χ0v) is 18.0. The minimum Gasteiger partial charge on any atom is -0.480 e. The molecule has 0 spiro atoms. The molecule has 1 aromatic heterocycles. The Bertz CT molecular complexity index is 848. The van der Waals surface area contributed by atoms with E-state index < -0.39 is 47.9 Å². The number of aromatic nitrogens is 2. The van der Waals surface area contributed by atoms with Crippen molar-refractivity contribution >= 4 is 24.1 Å². The van der Waals surface area contributed by atoms with Crippen molar-refractivity contribution in [3.63, 3.8) is 0 Å². The lowest BCUT2D eigenvalue weighted by Gasteiger charge is -2.35. The summed E-state index contributed by atoms with van der Waals surface area (Å²) in [6, 6.07) is -1.03. The topological polar surface area (TPSA) is 140 Å². The Labute approximate surface area is 174 Å². The minimum absolute atomic E-state index is 0.00414. The van der Waals surface area contributed by atoms with E-state index in [1.165, 1.54) is 10.9 Å². The predicted molar refractivity (Wildman–Crippen MR) is 104 cm³/mol. The first-order chi connectivity index (χ1) is 13.7. The zero-order valence-electron chi connectivity index (χ0n) is 18.0.